The lowest BCUT2D eigenvalue weighted by atomic mass is 10.0. The summed E-state index contributed by atoms with van der Waals surface area (Å²) in [6.45, 7) is 6.34. The van der Waals surface area contributed by atoms with Crippen LogP contribution in [0.3, 0.4) is 0 Å². The molecule has 0 aliphatic heterocycles. The molecule has 6 heteroatoms. The summed E-state index contributed by atoms with van der Waals surface area (Å²) in [5.74, 6) is 0.0116. The standard InChI is InChI=1S/C47H80O6/c1-4-5-6-7-8-9-10-11-12-16-19-22-25-28-31-34-37-44(48)39-40-47(51)53-42-45(49)41-52-46(50)38-35-32-29-26-23-20-17-14-13-15-18-21-24-27-30-33-36-43(2)3/h5-6,8-9,11-12,19,22,28,31,34,37,43-45,48-49H,4,7,10,13-18,20-21,23-27,29-30,32-33,35-36,38-42H2,1-3H3/b6-5-,9-8-,12-11-,22-19-,31-28-,37-34-/t44?,45-/m1/s1. The first-order chi connectivity index (χ1) is 25.8. The van der Waals surface area contributed by atoms with Gasteiger partial charge in [0.25, 0.3) is 0 Å². The van der Waals surface area contributed by atoms with Crippen molar-refractivity contribution in [3.8, 4) is 0 Å². The first kappa shape index (κ1) is 50.3. The van der Waals surface area contributed by atoms with E-state index in [2.05, 4.69) is 69.4 Å². The molecule has 0 bridgehead atoms. The van der Waals surface area contributed by atoms with Gasteiger partial charge in [-0.25, -0.2) is 0 Å². The molecule has 0 rings (SSSR count). The van der Waals surface area contributed by atoms with Crippen LogP contribution >= 0.6 is 0 Å². The Balaban J connectivity index is 3.63. The van der Waals surface area contributed by atoms with Crippen molar-refractivity contribution >= 4 is 11.9 Å². The number of hydrogen-bond acceptors (Lipinski definition) is 6. The summed E-state index contributed by atoms with van der Waals surface area (Å²) in [5.41, 5.74) is 0. The molecule has 2 atom stereocenters. The number of unbranched alkanes of at least 4 members (excludes halogenated alkanes) is 15. The minimum absolute atomic E-state index is 0.0304. The van der Waals surface area contributed by atoms with E-state index in [0.29, 0.717) is 6.42 Å². The van der Waals surface area contributed by atoms with Crippen molar-refractivity contribution in [3.05, 3.63) is 72.9 Å². The number of aliphatic hydroxyl groups excluding tert-OH is 2. The molecule has 0 aromatic heterocycles. The Morgan fingerprint density at radius 2 is 0.887 bits per heavy atom. The fourth-order valence-corrected chi connectivity index (χ4v) is 5.73. The summed E-state index contributed by atoms with van der Waals surface area (Å²) in [7, 11) is 0. The van der Waals surface area contributed by atoms with E-state index in [1.165, 1.54) is 89.9 Å². The maximum atomic E-state index is 12.0. The van der Waals surface area contributed by atoms with Crippen LogP contribution in [-0.2, 0) is 19.1 Å². The van der Waals surface area contributed by atoms with Gasteiger partial charge in [0.15, 0.2) is 0 Å². The highest BCUT2D eigenvalue weighted by atomic mass is 16.6. The van der Waals surface area contributed by atoms with E-state index in [-0.39, 0.29) is 32.0 Å². The molecule has 6 nitrogen and oxygen atoms in total. The maximum absolute atomic E-state index is 12.0. The minimum Gasteiger partial charge on any atom is -0.463 e. The lowest BCUT2D eigenvalue weighted by molar-refractivity contribution is -0.152. The van der Waals surface area contributed by atoms with Gasteiger partial charge in [-0.1, -0.05) is 196 Å². The average Bonchev–Trinajstić information content (AvgIpc) is 3.14. The first-order valence-corrected chi connectivity index (χ1v) is 21.5. The molecule has 0 aliphatic carbocycles. The predicted molar refractivity (Wildman–Crippen MR) is 225 cm³/mol. The maximum Gasteiger partial charge on any atom is 0.305 e. The molecule has 1 unspecified atom stereocenters. The van der Waals surface area contributed by atoms with Gasteiger partial charge >= 0.3 is 11.9 Å². The number of ether oxygens (including phenoxy) is 2. The van der Waals surface area contributed by atoms with Gasteiger partial charge in [0.2, 0.25) is 0 Å². The van der Waals surface area contributed by atoms with Crippen molar-refractivity contribution in [3.63, 3.8) is 0 Å². The molecule has 0 radical (unpaired) electrons. The van der Waals surface area contributed by atoms with Crippen LogP contribution in [0.25, 0.3) is 0 Å². The Bertz CT molecular complexity index is 1000. The SMILES string of the molecule is CC/C=C\C/C=C\C/C=C\C/C=C\C/C=C\C=C/C(O)CCC(=O)OC[C@H](O)COC(=O)CCCCCCCCCCCCCCCCCCC(C)C. The van der Waals surface area contributed by atoms with Crippen LogP contribution in [0.15, 0.2) is 72.9 Å². The smallest absolute Gasteiger partial charge is 0.305 e. The van der Waals surface area contributed by atoms with Gasteiger partial charge in [-0.2, -0.15) is 0 Å². The molecule has 304 valence electrons. The van der Waals surface area contributed by atoms with Crippen molar-refractivity contribution in [2.75, 3.05) is 13.2 Å². The quantitative estimate of drug-likeness (QED) is 0.0285. The highest BCUT2D eigenvalue weighted by molar-refractivity contribution is 5.69. The first-order valence-electron chi connectivity index (χ1n) is 21.5. The third-order valence-electron chi connectivity index (χ3n) is 9.00. The van der Waals surface area contributed by atoms with Gasteiger partial charge in [0, 0.05) is 12.8 Å². The van der Waals surface area contributed by atoms with Crippen LogP contribution < -0.4 is 0 Å². The molecule has 0 spiro atoms. The number of carbonyl (C=O) groups excluding carboxylic acids is 2. The minimum atomic E-state index is -1.06. The average molecular weight is 741 g/mol. The van der Waals surface area contributed by atoms with Gasteiger partial charge in [0.1, 0.15) is 19.3 Å². The molecular weight excluding hydrogens is 661 g/mol. The zero-order chi connectivity index (χ0) is 38.9. The molecule has 0 amide bonds. The Morgan fingerprint density at radius 3 is 1.34 bits per heavy atom. The molecule has 0 saturated heterocycles. The monoisotopic (exact) mass is 741 g/mol. The molecule has 0 aromatic carbocycles. The lowest BCUT2D eigenvalue weighted by Crippen LogP contribution is -2.25. The van der Waals surface area contributed by atoms with Gasteiger partial charge in [-0.3, -0.25) is 9.59 Å². The van der Waals surface area contributed by atoms with E-state index in [9.17, 15) is 19.8 Å². The van der Waals surface area contributed by atoms with Crippen LogP contribution in [0.5, 0.6) is 0 Å². The van der Waals surface area contributed by atoms with Gasteiger partial charge < -0.3 is 19.7 Å². The Kier molecular flexibility index (Phi) is 38.4. The van der Waals surface area contributed by atoms with E-state index in [0.717, 1.165) is 57.3 Å². The summed E-state index contributed by atoms with van der Waals surface area (Å²) in [6.07, 6.45) is 50.1. The van der Waals surface area contributed by atoms with Crippen LogP contribution in [0.1, 0.15) is 181 Å². The molecule has 0 aliphatic rings. The number of allylic oxidation sites excluding steroid dienone is 11. The Hall–Kier alpha value is -2.70. The fraction of sp³-hybridized carbons (Fsp3) is 0.702. The van der Waals surface area contributed by atoms with Crippen molar-refractivity contribution < 1.29 is 29.3 Å². The molecule has 53 heavy (non-hydrogen) atoms. The summed E-state index contributed by atoms with van der Waals surface area (Å²) < 4.78 is 10.2. The second-order valence-electron chi connectivity index (χ2n) is 14.8. The highest BCUT2D eigenvalue weighted by Gasteiger charge is 2.13. The second-order valence-corrected chi connectivity index (χ2v) is 14.8. The van der Waals surface area contributed by atoms with Crippen LogP contribution in [0.4, 0.5) is 0 Å². The normalized spacial score (nSPS) is 13.6. The van der Waals surface area contributed by atoms with E-state index in [1.54, 1.807) is 12.2 Å². The van der Waals surface area contributed by atoms with Crippen molar-refractivity contribution in [1.29, 1.82) is 0 Å². The number of hydrogen-bond donors (Lipinski definition) is 2. The Labute approximate surface area is 326 Å². The number of aliphatic hydroxyl groups is 2. The van der Waals surface area contributed by atoms with Gasteiger partial charge in [-0.15, -0.1) is 0 Å². The van der Waals surface area contributed by atoms with Crippen molar-refractivity contribution in [2.24, 2.45) is 5.92 Å². The van der Waals surface area contributed by atoms with Crippen LogP contribution in [-0.4, -0.2) is 47.6 Å². The molecule has 0 aromatic rings. The largest absolute Gasteiger partial charge is 0.463 e. The third-order valence-corrected chi connectivity index (χ3v) is 9.00. The van der Waals surface area contributed by atoms with Gasteiger partial charge in [0.05, 0.1) is 6.10 Å². The van der Waals surface area contributed by atoms with E-state index >= 15 is 0 Å². The summed E-state index contributed by atoms with van der Waals surface area (Å²) in [5, 5.41) is 20.1. The summed E-state index contributed by atoms with van der Waals surface area (Å²) >= 11 is 0. The van der Waals surface area contributed by atoms with Crippen LogP contribution in [0, 0.1) is 5.92 Å². The molecule has 0 heterocycles. The topological polar surface area (TPSA) is 93.1 Å². The fourth-order valence-electron chi connectivity index (χ4n) is 5.73. The number of esters is 2. The predicted octanol–water partition coefficient (Wildman–Crippen LogP) is 12.6. The molecule has 0 fully saturated rings. The number of rotatable bonds is 37. The second kappa shape index (κ2) is 40.5. The summed E-state index contributed by atoms with van der Waals surface area (Å²) in [4.78, 5) is 24.0. The zero-order valence-electron chi connectivity index (χ0n) is 34.3. The third kappa shape index (κ3) is 41.9. The Morgan fingerprint density at radius 1 is 0.491 bits per heavy atom. The van der Waals surface area contributed by atoms with Crippen molar-refractivity contribution in [1.82, 2.24) is 0 Å². The lowest BCUT2D eigenvalue weighted by Gasteiger charge is -2.12. The zero-order valence-corrected chi connectivity index (χ0v) is 34.3. The van der Waals surface area contributed by atoms with Gasteiger partial charge in [-0.05, 0) is 50.9 Å². The van der Waals surface area contributed by atoms with E-state index in [4.69, 9.17) is 9.47 Å². The number of carbonyl (C=O) groups is 2. The van der Waals surface area contributed by atoms with Crippen LogP contribution in [0.2, 0.25) is 0 Å². The molecule has 0 saturated carbocycles. The van der Waals surface area contributed by atoms with E-state index < -0.39 is 18.2 Å². The van der Waals surface area contributed by atoms with E-state index in [1.807, 2.05) is 12.2 Å². The molecular formula is C47H80O6. The summed E-state index contributed by atoms with van der Waals surface area (Å²) in [6, 6.07) is 0. The van der Waals surface area contributed by atoms with Crippen molar-refractivity contribution in [2.45, 2.75) is 193 Å². The highest BCUT2D eigenvalue weighted by Crippen LogP contribution is 2.15. The molecule has 2 N–H and O–H groups in total.